The van der Waals surface area contributed by atoms with Crippen molar-refractivity contribution >= 4 is 11.6 Å². The molecular weight excluding hydrogens is 159 g/mol. The molecule has 0 aromatic rings. The van der Waals surface area contributed by atoms with Crippen molar-refractivity contribution < 1.29 is 29.5 Å². The van der Waals surface area contributed by atoms with Gasteiger partial charge in [-0.15, -0.1) is 0 Å². The molecule has 0 bridgehead atoms. The van der Waals surface area contributed by atoms with E-state index in [0.717, 1.165) is 0 Å². The molecule has 9 heavy (non-hydrogen) atoms. The van der Waals surface area contributed by atoms with E-state index in [1.54, 1.807) is 0 Å². The van der Waals surface area contributed by atoms with Gasteiger partial charge in [-0.25, -0.2) is 0 Å². The second-order valence-electron chi connectivity index (χ2n) is 1.73. The Balaban J connectivity index is 4.16. The van der Waals surface area contributed by atoms with E-state index in [0.29, 0.717) is 0 Å². The zero-order valence-electron chi connectivity index (χ0n) is 5.25. The zero-order chi connectivity index (χ0) is 7.44. The van der Waals surface area contributed by atoms with Crippen LogP contribution in [-0.2, 0) is 29.5 Å². The standard InChI is InChI=1S/C5H7O2.O.V/c1-4(6)3-5(2)7;;/h3H,1-2H3;;. The molecule has 0 aliphatic carbocycles. The van der Waals surface area contributed by atoms with E-state index >= 15 is 0 Å². The van der Waals surface area contributed by atoms with E-state index in [1.807, 2.05) is 0 Å². The van der Waals surface area contributed by atoms with Crippen LogP contribution in [0.15, 0.2) is 0 Å². The van der Waals surface area contributed by atoms with Crippen LogP contribution in [0.3, 0.4) is 0 Å². The van der Waals surface area contributed by atoms with Crippen LogP contribution in [-0.4, -0.2) is 11.6 Å². The molecule has 0 N–H and O–H groups in total. The summed E-state index contributed by atoms with van der Waals surface area (Å²) in [6.07, 6.45) is 0. The van der Waals surface area contributed by atoms with Gasteiger partial charge in [-0.2, -0.15) is 0 Å². The fraction of sp³-hybridized carbons (Fsp3) is 0.600. The summed E-state index contributed by atoms with van der Waals surface area (Å²) in [6, 6.07) is 0. The Morgan fingerprint density at radius 1 is 1.22 bits per heavy atom. The van der Waals surface area contributed by atoms with Crippen molar-refractivity contribution in [1.29, 1.82) is 0 Å². The fourth-order valence-electron chi connectivity index (χ4n) is 0.435. The number of rotatable bonds is 3. The predicted molar refractivity (Wildman–Crippen MR) is 25.8 cm³/mol. The number of carbonyl (C=O) groups is 2. The maximum atomic E-state index is 10.4. The number of hydrogen-bond acceptors (Lipinski definition) is 3. The monoisotopic (exact) mass is 166 g/mol. The molecule has 0 rings (SSSR count). The minimum absolute atomic E-state index is 0.294. The van der Waals surface area contributed by atoms with Crippen molar-refractivity contribution in [2.75, 3.05) is 0 Å². The van der Waals surface area contributed by atoms with Gasteiger partial charge in [-0.3, -0.25) is 0 Å². The number of carbonyl (C=O) groups excluding carboxylic acids is 2. The van der Waals surface area contributed by atoms with E-state index in [-0.39, 0.29) is 11.6 Å². The van der Waals surface area contributed by atoms with Gasteiger partial charge in [0.05, 0.1) is 0 Å². The predicted octanol–water partition coefficient (Wildman–Crippen LogP) is 0.381. The van der Waals surface area contributed by atoms with E-state index in [9.17, 15) is 13.3 Å². The van der Waals surface area contributed by atoms with E-state index in [1.165, 1.54) is 13.8 Å². The Labute approximate surface area is 60.1 Å². The first kappa shape index (κ1) is 8.72. The summed E-state index contributed by atoms with van der Waals surface area (Å²) in [7, 11) is 0. The molecule has 0 saturated heterocycles. The molecule has 4 heteroatoms. The average molecular weight is 166 g/mol. The third-order valence-electron chi connectivity index (χ3n) is 0.876. The Hall–Kier alpha value is -0.276. The normalized spacial score (nSPS) is 9.22. The Bertz CT molecular complexity index is 138. The first-order valence-corrected chi connectivity index (χ1v) is 3.80. The van der Waals surface area contributed by atoms with Gasteiger partial charge in [0.1, 0.15) is 0 Å². The topological polar surface area (TPSA) is 51.2 Å². The third kappa shape index (κ3) is 2.68. The molecule has 0 fully saturated rings. The maximum absolute atomic E-state index is 10.4. The number of hydrogen-bond donors (Lipinski definition) is 0. The molecule has 0 unspecified atom stereocenters. The second kappa shape index (κ2) is 3.69. The van der Waals surface area contributed by atoms with Crippen LogP contribution in [0, 0.1) is 0 Å². The fourth-order valence-corrected chi connectivity index (χ4v) is 0.898. The van der Waals surface area contributed by atoms with Crippen LogP contribution in [0.5, 0.6) is 0 Å². The van der Waals surface area contributed by atoms with Crippen LogP contribution in [0.4, 0.5) is 0 Å². The molecular formula is C5H7O3V. The number of Topliss-reactive ketones (excluding diaryl/α,β-unsaturated/α-hetero) is 2. The van der Waals surface area contributed by atoms with Gasteiger partial charge in [-0.05, 0) is 0 Å². The van der Waals surface area contributed by atoms with Gasteiger partial charge in [-0.1, -0.05) is 0 Å². The third-order valence-corrected chi connectivity index (χ3v) is 2.34. The summed E-state index contributed by atoms with van der Waals surface area (Å²) in [4.78, 5) is 20.8. The second-order valence-corrected chi connectivity index (χ2v) is 2.86. The molecule has 0 aliphatic rings. The van der Waals surface area contributed by atoms with Crippen LogP contribution in [0.25, 0.3) is 0 Å². The van der Waals surface area contributed by atoms with Crippen LogP contribution < -0.4 is 0 Å². The molecule has 0 amide bonds. The summed E-state index contributed by atoms with van der Waals surface area (Å²) in [5, 5.41) is 0. The molecule has 0 aliphatic heterocycles. The van der Waals surface area contributed by atoms with Gasteiger partial charge in [0.2, 0.25) is 0 Å². The Morgan fingerprint density at radius 2 is 1.56 bits per heavy atom. The summed E-state index contributed by atoms with van der Waals surface area (Å²) >= 11 is -1.36. The van der Waals surface area contributed by atoms with Crippen LogP contribution in [0.1, 0.15) is 13.8 Å². The molecule has 0 radical (unpaired) electrons. The quantitative estimate of drug-likeness (QED) is 0.569. The molecule has 0 atom stereocenters. The van der Waals surface area contributed by atoms with Gasteiger partial charge < -0.3 is 0 Å². The first-order chi connectivity index (χ1) is 4.09. The van der Waals surface area contributed by atoms with Gasteiger partial charge >= 0.3 is 59.5 Å². The molecule has 50 valence electrons. The molecule has 3 nitrogen and oxygen atoms in total. The van der Waals surface area contributed by atoms with Gasteiger partial charge in [0.25, 0.3) is 0 Å². The Morgan fingerprint density at radius 3 is 1.56 bits per heavy atom. The summed E-state index contributed by atoms with van der Waals surface area (Å²) < 4.78 is 9.35. The van der Waals surface area contributed by atoms with Crippen LogP contribution >= 0.6 is 0 Å². The molecule has 0 saturated carbocycles. The summed E-state index contributed by atoms with van der Waals surface area (Å²) in [6.45, 7) is 2.55. The molecule has 0 heterocycles. The van der Waals surface area contributed by atoms with E-state index < -0.39 is 20.9 Å². The summed E-state index contributed by atoms with van der Waals surface area (Å²) in [5.74, 6) is -0.588. The number of ketones is 2. The van der Waals surface area contributed by atoms with Gasteiger partial charge in [0.15, 0.2) is 0 Å². The van der Waals surface area contributed by atoms with Gasteiger partial charge in [0, 0.05) is 0 Å². The summed E-state index contributed by atoms with van der Waals surface area (Å²) in [5.41, 5.74) is 0. The minimum atomic E-state index is -1.36. The van der Waals surface area contributed by atoms with Crippen molar-refractivity contribution in [2.45, 2.75) is 18.5 Å². The van der Waals surface area contributed by atoms with Crippen LogP contribution in [0.2, 0.25) is 4.63 Å². The Kier molecular flexibility index (Phi) is 3.58. The average Bonchev–Trinajstić information content (AvgIpc) is 1.64. The van der Waals surface area contributed by atoms with Crippen molar-refractivity contribution in [3.05, 3.63) is 0 Å². The zero-order valence-corrected chi connectivity index (χ0v) is 6.65. The molecule has 0 spiro atoms. The SMILES string of the molecule is CC(=O)[CH]([V]=[O])C(C)=O. The van der Waals surface area contributed by atoms with E-state index in [2.05, 4.69) is 0 Å². The van der Waals surface area contributed by atoms with Crippen molar-refractivity contribution in [2.24, 2.45) is 0 Å². The van der Waals surface area contributed by atoms with Crippen molar-refractivity contribution in [3.63, 3.8) is 0 Å². The molecule has 0 aromatic heterocycles. The molecule has 0 aromatic carbocycles. The van der Waals surface area contributed by atoms with Crippen molar-refractivity contribution in [3.8, 4) is 0 Å². The van der Waals surface area contributed by atoms with E-state index in [4.69, 9.17) is 0 Å². The van der Waals surface area contributed by atoms with Crippen molar-refractivity contribution in [1.82, 2.24) is 0 Å². The first-order valence-electron chi connectivity index (χ1n) is 2.43.